The number of ether oxygens (including phenoxy) is 1. The maximum Gasteiger partial charge on any atom is 0.323 e. The average Bonchev–Trinajstić information content (AvgIpc) is 2.81. The van der Waals surface area contributed by atoms with E-state index in [4.69, 9.17) is 9.84 Å². The zero-order valence-corrected chi connectivity index (χ0v) is 13.5. The molecule has 1 aromatic carbocycles. The van der Waals surface area contributed by atoms with Gasteiger partial charge in [0.1, 0.15) is 12.3 Å². The number of aliphatic carboxylic acids is 1. The molecule has 0 saturated heterocycles. The Bertz CT molecular complexity index is 700. The molecule has 0 unspecified atom stereocenters. The molecule has 1 heterocycles. The van der Waals surface area contributed by atoms with Crippen LogP contribution in [0, 0.1) is 0 Å². The van der Waals surface area contributed by atoms with Crippen molar-refractivity contribution in [3.63, 3.8) is 0 Å². The number of benzene rings is 1. The van der Waals surface area contributed by atoms with Gasteiger partial charge in [0.2, 0.25) is 0 Å². The summed E-state index contributed by atoms with van der Waals surface area (Å²) in [6, 6.07) is 7.42. The van der Waals surface area contributed by atoms with Crippen LogP contribution in [0.15, 0.2) is 29.1 Å². The Morgan fingerprint density at radius 2 is 1.95 bits per heavy atom. The minimum atomic E-state index is -1.02. The molecular weight excluding hydrogens is 302 g/mol. The predicted octanol–water partition coefficient (Wildman–Crippen LogP) is 3.01. The third-order valence-electron chi connectivity index (χ3n) is 3.18. The Balaban J connectivity index is 2.42. The van der Waals surface area contributed by atoms with E-state index in [1.807, 2.05) is 38.1 Å². The standard InChI is InChI=1S/C16H19NO4S/c1-3-9-21-12-7-5-11(6-8-12)15-13(4-2)22-16(20)17(15)10-14(18)19/h5-8H,3-4,9-10H2,1-2H3,(H,18,19). The van der Waals surface area contributed by atoms with Gasteiger partial charge in [0.25, 0.3) is 0 Å². The fourth-order valence-electron chi connectivity index (χ4n) is 2.21. The van der Waals surface area contributed by atoms with E-state index < -0.39 is 5.97 Å². The van der Waals surface area contributed by atoms with Crippen molar-refractivity contribution >= 4 is 17.3 Å². The third-order valence-corrected chi connectivity index (χ3v) is 4.30. The number of nitrogens with zero attached hydrogens (tertiary/aromatic N) is 1. The van der Waals surface area contributed by atoms with Crippen LogP contribution >= 0.6 is 11.3 Å². The summed E-state index contributed by atoms with van der Waals surface area (Å²) in [7, 11) is 0. The van der Waals surface area contributed by atoms with E-state index in [1.54, 1.807) is 0 Å². The van der Waals surface area contributed by atoms with E-state index in [1.165, 1.54) is 4.57 Å². The number of hydrogen-bond acceptors (Lipinski definition) is 4. The van der Waals surface area contributed by atoms with Crippen LogP contribution in [-0.2, 0) is 17.8 Å². The van der Waals surface area contributed by atoms with Gasteiger partial charge in [0.15, 0.2) is 0 Å². The summed E-state index contributed by atoms with van der Waals surface area (Å²) >= 11 is 1.11. The lowest BCUT2D eigenvalue weighted by Crippen LogP contribution is -2.19. The van der Waals surface area contributed by atoms with Gasteiger partial charge in [0, 0.05) is 4.88 Å². The molecule has 2 aromatic rings. The highest BCUT2D eigenvalue weighted by Gasteiger charge is 2.17. The summed E-state index contributed by atoms with van der Waals surface area (Å²) in [6.45, 7) is 4.33. The predicted molar refractivity (Wildman–Crippen MR) is 86.8 cm³/mol. The molecule has 0 atom stereocenters. The zero-order chi connectivity index (χ0) is 16.1. The maximum absolute atomic E-state index is 12.0. The normalized spacial score (nSPS) is 10.6. The van der Waals surface area contributed by atoms with Gasteiger partial charge in [-0.2, -0.15) is 0 Å². The fraction of sp³-hybridized carbons (Fsp3) is 0.375. The summed E-state index contributed by atoms with van der Waals surface area (Å²) in [6.07, 6.45) is 1.63. The van der Waals surface area contributed by atoms with Gasteiger partial charge in [-0.3, -0.25) is 14.2 Å². The second kappa shape index (κ2) is 7.26. The Morgan fingerprint density at radius 3 is 2.50 bits per heavy atom. The molecule has 0 aliphatic carbocycles. The molecular formula is C16H19NO4S. The summed E-state index contributed by atoms with van der Waals surface area (Å²) in [5.74, 6) is -0.252. The topological polar surface area (TPSA) is 68.5 Å². The van der Waals surface area contributed by atoms with Crippen molar-refractivity contribution in [1.82, 2.24) is 4.57 Å². The van der Waals surface area contributed by atoms with Gasteiger partial charge in [0.05, 0.1) is 12.3 Å². The first kappa shape index (κ1) is 16.3. The molecule has 0 bridgehead atoms. The number of aromatic nitrogens is 1. The van der Waals surface area contributed by atoms with E-state index in [0.717, 1.165) is 33.9 Å². The Kier molecular flexibility index (Phi) is 5.38. The lowest BCUT2D eigenvalue weighted by Gasteiger charge is -2.09. The van der Waals surface area contributed by atoms with Crippen molar-refractivity contribution in [3.05, 3.63) is 38.8 Å². The van der Waals surface area contributed by atoms with Gasteiger partial charge in [-0.05, 0) is 42.7 Å². The number of hydrogen-bond donors (Lipinski definition) is 1. The molecule has 118 valence electrons. The van der Waals surface area contributed by atoms with Crippen LogP contribution < -0.4 is 9.61 Å². The summed E-state index contributed by atoms with van der Waals surface area (Å²) < 4.78 is 6.87. The van der Waals surface area contributed by atoms with E-state index in [2.05, 4.69) is 0 Å². The number of carboxylic acid groups (broad SMARTS) is 1. The minimum absolute atomic E-state index is 0.236. The fourth-order valence-corrected chi connectivity index (χ4v) is 3.16. The highest BCUT2D eigenvalue weighted by molar-refractivity contribution is 7.09. The maximum atomic E-state index is 12.0. The van der Waals surface area contributed by atoms with Crippen molar-refractivity contribution < 1.29 is 14.6 Å². The van der Waals surface area contributed by atoms with Gasteiger partial charge in [-0.1, -0.05) is 25.2 Å². The zero-order valence-electron chi connectivity index (χ0n) is 12.7. The molecule has 0 spiro atoms. The number of carbonyl (C=O) groups is 1. The summed E-state index contributed by atoms with van der Waals surface area (Å²) in [4.78, 5) is 23.7. The minimum Gasteiger partial charge on any atom is -0.494 e. The van der Waals surface area contributed by atoms with Crippen LogP contribution in [0.1, 0.15) is 25.1 Å². The molecule has 0 fully saturated rings. The Morgan fingerprint density at radius 1 is 1.27 bits per heavy atom. The van der Waals surface area contributed by atoms with Crippen LogP contribution in [0.3, 0.4) is 0 Å². The van der Waals surface area contributed by atoms with Crippen LogP contribution in [0.4, 0.5) is 0 Å². The van der Waals surface area contributed by atoms with Gasteiger partial charge in [-0.25, -0.2) is 0 Å². The molecule has 1 N–H and O–H groups in total. The first-order chi connectivity index (χ1) is 10.6. The number of thiazole rings is 1. The van der Waals surface area contributed by atoms with Crippen LogP contribution in [0.5, 0.6) is 5.75 Å². The Labute approximate surface area is 132 Å². The molecule has 6 heteroatoms. The van der Waals surface area contributed by atoms with Crippen molar-refractivity contribution in [3.8, 4) is 17.0 Å². The molecule has 2 rings (SSSR count). The highest BCUT2D eigenvalue weighted by Crippen LogP contribution is 2.28. The number of rotatable bonds is 7. The van der Waals surface area contributed by atoms with Crippen molar-refractivity contribution in [2.75, 3.05) is 6.61 Å². The van der Waals surface area contributed by atoms with E-state index in [0.29, 0.717) is 18.7 Å². The van der Waals surface area contributed by atoms with E-state index in [-0.39, 0.29) is 11.4 Å². The van der Waals surface area contributed by atoms with Gasteiger partial charge in [-0.15, -0.1) is 0 Å². The van der Waals surface area contributed by atoms with Gasteiger partial charge < -0.3 is 9.84 Å². The van der Waals surface area contributed by atoms with Crippen molar-refractivity contribution in [2.45, 2.75) is 33.2 Å². The monoisotopic (exact) mass is 321 g/mol. The number of carboxylic acids is 1. The highest BCUT2D eigenvalue weighted by atomic mass is 32.1. The van der Waals surface area contributed by atoms with Crippen molar-refractivity contribution in [1.29, 1.82) is 0 Å². The third kappa shape index (κ3) is 3.57. The molecule has 0 aliphatic heterocycles. The first-order valence-electron chi connectivity index (χ1n) is 7.24. The molecule has 0 amide bonds. The smallest absolute Gasteiger partial charge is 0.323 e. The second-order valence-corrected chi connectivity index (χ2v) is 5.89. The molecule has 1 aromatic heterocycles. The van der Waals surface area contributed by atoms with Crippen molar-refractivity contribution in [2.24, 2.45) is 0 Å². The summed E-state index contributed by atoms with van der Waals surface area (Å²) in [5, 5.41) is 9.01. The molecule has 22 heavy (non-hydrogen) atoms. The first-order valence-corrected chi connectivity index (χ1v) is 8.06. The lowest BCUT2D eigenvalue weighted by atomic mass is 10.1. The molecule has 5 nitrogen and oxygen atoms in total. The SMILES string of the molecule is CCCOc1ccc(-c2c(CC)sc(=O)n2CC(=O)O)cc1. The van der Waals surface area contributed by atoms with Gasteiger partial charge >= 0.3 is 10.8 Å². The van der Waals surface area contributed by atoms with Crippen LogP contribution in [-0.4, -0.2) is 22.2 Å². The van der Waals surface area contributed by atoms with E-state index >= 15 is 0 Å². The lowest BCUT2D eigenvalue weighted by molar-refractivity contribution is -0.137. The van der Waals surface area contributed by atoms with E-state index in [9.17, 15) is 9.59 Å². The van der Waals surface area contributed by atoms with Crippen LogP contribution in [0.25, 0.3) is 11.3 Å². The number of aryl methyl sites for hydroxylation is 1. The molecule has 0 radical (unpaired) electrons. The van der Waals surface area contributed by atoms with Crippen LogP contribution in [0.2, 0.25) is 0 Å². The largest absolute Gasteiger partial charge is 0.494 e. The molecule has 0 saturated carbocycles. The second-order valence-electron chi connectivity index (χ2n) is 4.85. The molecule has 0 aliphatic rings. The quantitative estimate of drug-likeness (QED) is 0.851. The summed E-state index contributed by atoms with van der Waals surface area (Å²) in [5.41, 5.74) is 1.53. The average molecular weight is 321 g/mol. The Hall–Kier alpha value is -2.08.